The van der Waals surface area contributed by atoms with E-state index in [2.05, 4.69) is 21.3 Å². The summed E-state index contributed by atoms with van der Waals surface area (Å²) >= 11 is 0. The first-order chi connectivity index (χ1) is 15.3. The van der Waals surface area contributed by atoms with E-state index in [9.17, 15) is 9.90 Å². The molecule has 1 aliphatic heterocycles. The Kier molecular flexibility index (Phi) is 6.15. The third kappa shape index (κ3) is 4.75. The molecule has 3 aromatic rings. The van der Waals surface area contributed by atoms with Crippen LogP contribution >= 0.6 is 0 Å². The van der Waals surface area contributed by atoms with Crippen LogP contribution in [0.4, 0.5) is 11.4 Å². The number of rotatable bonds is 4. The second kappa shape index (κ2) is 9.01. The second-order valence-corrected chi connectivity index (χ2v) is 8.80. The highest BCUT2D eigenvalue weighted by atomic mass is 16.3. The zero-order valence-corrected chi connectivity index (χ0v) is 18.9. The summed E-state index contributed by atoms with van der Waals surface area (Å²) in [6, 6.07) is 11.6. The molecule has 0 saturated carbocycles. The number of nitrogens with two attached hydrogens (primary N) is 1. The van der Waals surface area contributed by atoms with E-state index in [1.54, 1.807) is 24.5 Å². The minimum atomic E-state index is -0.203. The maximum atomic E-state index is 13.4. The van der Waals surface area contributed by atoms with Gasteiger partial charge in [0.1, 0.15) is 5.75 Å². The number of piperidine rings is 1. The molecule has 166 valence electrons. The zero-order valence-electron chi connectivity index (χ0n) is 18.9. The van der Waals surface area contributed by atoms with Crippen LogP contribution in [-0.4, -0.2) is 35.1 Å². The Morgan fingerprint density at radius 1 is 1.00 bits per heavy atom. The normalized spacial score (nSPS) is 14.4. The molecule has 1 aromatic heterocycles. The molecule has 2 aromatic carbocycles. The summed E-state index contributed by atoms with van der Waals surface area (Å²) < 4.78 is 0. The number of hydrogen-bond donors (Lipinski definition) is 3. The van der Waals surface area contributed by atoms with Gasteiger partial charge in [-0.15, -0.1) is 0 Å². The van der Waals surface area contributed by atoms with Gasteiger partial charge in [0.2, 0.25) is 0 Å². The number of benzene rings is 2. The second-order valence-electron chi connectivity index (χ2n) is 8.80. The fraction of sp³-hybridized carbons (Fsp3) is 0.308. The van der Waals surface area contributed by atoms with Crippen LogP contribution in [-0.2, 0) is 0 Å². The van der Waals surface area contributed by atoms with E-state index < -0.39 is 0 Å². The number of carbonyl (C=O) groups excluding carboxylic acids is 1. The van der Waals surface area contributed by atoms with Crippen molar-refractivity contribution in [2.45, 2.75) is 39.7 Å². The number of nitrogens with zero attached hydrogens (tertiary/aromatic N) is 2. The smallest absolute Gasteiger partial charge is 0.259 e. The first-order valence-corrected chi connectivity index (χ1v) is 11.0. The van der Waals surface area contributed by atoms with Crippen LogP contribution in [0.15, 0.2) is 48.8 Å². The molecule has 1 fully saturated rings. The van der Waals surface area contributed by atoms with Crippen LogP contribution in [0.1, 0.15) is 39.9 Å². The van der Waals surface area contributed by atoms with E-state index in [0.29, 0.717) is 5.56 Å². The average Bonchev–Trinajstić information content (AvgIpc) is 2.72. The zero-order chi connectivity index (χ0) is 22.8. The van der Waals surface area contributed by atoms with Gasteiger partial charge in [-0.05, 0) is 80.1 Å². The summed E-state index contributed by atoms with van der Waals surface area (Å²) in [7, 11) is 0. The lowest BCUT2D eigenvalue weighted by Gasteiger charge is -2.34. The molecular weight excluding hydrogens is 400 g/mol. The van der Waals surface area contributed by atoms with Crippen molar-refractivity contribution in [1.29, 1.82) is 0 Å². The molecule has 0 atom stereocenters. The van der Waals surface area contributed by atoms with Crippen LogP contribution in [0.5, 0.6) is 5.75 Å². The van der Waals surface area contributed by atoms with Crippen LogP contribution in [0.25, 0.3) is 11.1 Å². The van der Waals surface area contributed by atoms with Crippen molar-refractivity contribution in [2.24, 2.45) is 5.73 Å². The topological polar surface area (TPSA) is 91.5 Å². The van der Waals surface area contributed by atoms with Crippen molar-refractivity contribution < 1.29 is 9.90 Å². The molecule has 32 heavy (non-hydrogen) atoms. The van der Waals surface area contributed by atoms with E-state index in [1.165, 1.54) is 0 Å². The first-order valence-electron chi connectivity index (χ1n) is 11.0. The van der Waals surface area contributed by atoms with Gasteiger partial charge in [0.15, 0.2) is 0 Å². The SMILES string of the molecule is Cc1cc(C)cc(NC(=O)c2cncc(-c3cc(C)cc(O)c3)c2N2CCC(N)CC2)c1. The predicted octanol–water partition coefficient (Wildman–Crippen LogP) is 4.56. The molecule has 0 bridgehead atoms. The van der Waals surface area contributed by atoms with Crippen LogP contribution in [0, 0.1) is 20.8 Å². The Morgan fingerprint density at radius 2 is 1.66 bits per heavy atom. The van der Waals surface area contributed by atoms with Crippen LogP contribution < -0.4 is 16.0 Å². The van der Waals surface area contributed by atoms with Gasteiger partial charge in [0, 0.05) is 42.8 Å². The molecule has 0 radical (unpaired) electrons. The summed E-state index contributed by atoms with van der Waals surface area (Å²) in [6.07, 6.45) is 5.12. The summed E-state index contributed by atoms with van der Waals surface area (Å²) in [4.78, 5) is 20.0. The minimum Gasteiger partial charge on any atom is -0.508 e. The Bertz CT molecular complexity index is 1110. The Hall–Kier alpha value is -3.38. The molecule has 6 nitrogen and oxygen atoms in total. The number of nitrogens with one attached hydrogen (secondary N) is 1. The summed E-state index contributed by atoms with van der Waals surface area (Å²) in [5, 5.41) is 13.2. The average molecular weight is 431 g/mol. The Labute approximate surface area is 189 Å². The van der Waals surface area contributed by atoms with Gasteiger partial charge < -0.3 is 21.1 Å². The number of pyridine rings is 1. The Morgan fingerprint density at radius 3 is 2.31 bits per heavy atom. The lowest BCUT2D eigenvalue weighted by Crippen LogP contribution is -2.40. The standard InChI is InChI=1S/C26H30N4O2/c1-16-8-17(2)11-21(10-16)29-26(32)24-15-28-14-23(19-9-18(3)12-22(31)13-19)25(24)30-6-4-20(27)5-7-30/h8-15,20,31H,4-7,27H2,1-3H3,(H,29,32). The fourth-order valence-corrected chi connectivity index (χ4v) is 4.46. The number of hydrogen-bond acceptors (Lipinski definition) is 5. The number of aryl methyl sites for hydroxylation is 3. The molecule has 4 N–H and O–H groups in total. The van der Waals surface area contributed by atoms with Gasteiger partial charge in [-0.3, -0.25) is 9.78 Å². The van der Waals surface area contributed by atoms with Crippen molar-refractivity contribution in [3.8, 4) is 16.9 Å². The van der Waals surface area contributed by atoms with E-state index in [-0.39, 0.29) is 17.7 Å². The molecule has 0 spiro atoms. The summed E-state index contributed by atoms with van der Waals surface area (Å²) in [6.45, 7) is 7.49. The third-order valence-electron chi connectivity index (χ3n) is 5.87. The number of phenolic OH excluding ortho intramolecular Hbond substituents is 1. The van der Waals surface area contributed by atoms with Crippen molar-refractivity contribution in [3.63, 3.8) is 0 Å². The van der Waals surface area contributed by atoms with E-state index in [4.69, 9.17) is 5.73 Å². The number of aromatic nitrogens is 1. The lowest BCUT2D eigenvalue weighted by molar-refractivity contribution is 0.102. The maximum absolute atomic E-state index is 13.4. The Balaban J connectivity index is 1.80. The monoisotopic (exact) mass is 430 g/mol. The van der Waals surface area contributed by atoms with Crippen molar-refractivity contribution in [3.05, 3.63) is 71.0 Å². The van der Waals surface area contributed by atoms with Gasteiger partial charge in [0.05, 0.1) is 11.3 Å². The van der Waals surface area contributed by atoms with Crippen molar-refractivity contribution in [2.75, 3.05) is 23.3 Å². The van der Waals surface area contributed by atoms with Crippen LogP contribution in [0.3, 0.4) is 0 Å². The van der Waals surface area contributed by atoms with Crippen molar-refractivity contribution >= 4 is 17.3 Å². The fourth-order valence-electron chi connectivity index (χ4n) is 4.46. The molecule has 0 unspecified atom stereocenters. The largest absolute Gasteiger partial charge is 0.508 e. The molecule has 4 rings (SSSR count). The van der Waals surface area contributed by atoms with Gasteiger partial charge in [-0.1, -0.05) is 12.1 Å². The molecule has 1 aliphatic rings. The van der Waals surface area contributed by atoms with E-state index >= 15 is 0 Å². The van der Waals surface area contributed by atoms with Crippen LogP contribution in [0.2, 0.25) is 0 Å². The molecular formula is C26H30N4O2. The molecule has 0 aliphatic carbocycles. The number of anilines is 2. The number of aromatic hydroxyl groups is 1. The summed E-state index contributed by atoms with van der Waals surface area (Å²) in [5.74, 6) is -0.0113. The highest BCUT2D eigenvalue weighted by Crippen LogP contribution is 2.37. The first kappa shape index (κ1) is 21.8. The maximum Gasteiger partial charge on any atom is 0.259 e. The van der Waals surface area contributed by atoms with Gasteiger partial charge >= 0.3 is 0 Å². The van der Waals surface area contributed by atoms with Crippen molar-refractivity contribution in [1.82, 2.24) is 4.98 Å². The van der Waals surface area contributed by atoms with Gasteiger partial charge in [-0.25, -0.2) is 0 Å². The van der Waals surface area contributed by atoms with Gasteiger partial charge in [0.25, 0.3) is 5.91 Å². The highest BCUT2D eigenvalue weighted by Gasteiger charge is 2.25. The van der Waals surface area contributed by atoms with E-state index in [1.807, 2.05) is 39.0 Å². The molecule has 1 saturated heterocycles. The lowest BCUT2D eigenvalue weighted by atomic mass is 9.97. The number of carbonyl (C=O) groups is 1. The number of phenols is 1. The van der Waals surface area contributed by atoms with Gasteiger partial charge in [-0.2, -0.15) is 0 Å². The molecule has 2 heterocycles. The quantitative estimate of drug-likeness (QED) is 0.564. The summed E-state index contributed by atoms with van der Waals surface area (Å²) in [5.41, 5.74) is 13.0. The van der Waals surface area contributed by atoms with E-state index in [0.717, 1.165) is 65.1 Å². The molecule has 6 heteroatoms. The minimum absolute atomic E-state index is 0.173. The third-order valence-corrected chi connectivity index (χ3v) is 5.87. The number of amides is 1. The predicted molar refractivity (Wildman–Crippen MR) is 129 cm³/mol. The molecule has 1 amide bonds. The highest BCUT2D eigenvalue weighted by molar-refractivity contribution is 6.10.